The highest BCUT2D eigenvalue weighted by Gasteiger charge is 2.33. The largest absolute Gasteiger partial charge is 0.416 e. The molecule has 0 radical (unpaired) electrons. The van der Waals surface area contributed by atoms with Crippen molar-refractivity contribution >= 4 is 6.03 Å². The Morgan fingerprint density at radius 2 is 2.12 bits per heavy atom. The first-order chi connectivity index (χ1) is 11.3. The van der Waals surface area contributed by atoms with E-state index in [1.54, 1.807) is 17.9 Å². The van der Waals surface area contributed by atoms with Crippen LogP contribution in [0.3, 0.4) is 0 Å². The number of aliphatic hydroxyl groups is 1. The lowest BCUT2D eigenvalue weighted by atomic mass is 9.99. The van der Waals surface area contributed by atoms with Gasteiger partial charge in [-0.1, -0.05) is 18.2 Å². The van der Waals surface area contributed by atoms with Gasteiger partial charge in [-0.2, -0.15) is 13.2 Å². The fraction of sp³-hybridized carbons (Fsp3) is 0.588. The molecule has 1 aromatic carbocycles. The first-order valence-corrected chi connectivity index (χ1v) is 8.12. The highest BCUT2D eigenvalue weighted by molar-refractivity contribution is 5.74. The predicted molar refractivity (Wildman–Crippen MR) is 84.5 cm³/mol. The summed E-state index contributed by atoms with van der Waals surface area (Å²) in [5.41, 5.74) is -0.492. The van der Waals surface area contributed by atoms with Crippen molar-refractivity contribution in [1.82, 2.24) is 10.2 Å². The number of piperidine rings is 1. The van der Waals surface area contributed by atoms with Crippen molar-refractivity contribution in [2.45, 2.75) is 38.4 Å². The van der Waals surface area contributed by atoms with E-state index in [4.69, 9.17) is 0 Å². The number of aliphatic hydroxyl groups excluding tert-OH is 1. The van der Waals surface area contributed by atoms with Crippen LogP contribution in [0.5, 0.6) is 0 Å². The van der Waals surface area contributed by atoms with Gasteiger partial charge in [0.15, 0.2) is 0 Å². The van der Waals surface area contributed by atoms with E-state index in [-0.39, 0.29) is 30.5 Å². The van der Waals surface area contributed by atoms with Crippen LogP contribution in [0.2, 0.25) is 0 Å². The van der Waals surface area contributed by atoms with Gasteiger partial charge >= 0.3 is 12.2 Å². The predicted octanol–water partition coefficient (Wildman–Crippen LogP) is 3.05. The molecule has 0 spiro atoms. The Kier molecular flexibility index (Phi) is 6.10. The molecule has 0 aliphatic carbocycles. The molecule has 1 aliphatic heterocycles. The molecule has 2 unspecified atom stereocenters. The molecule has 134 valence electrons. The highest BCUT2D eigenvalue weighted by Crippen LogP contribution is 2.32. The number of hydrogen-bond acceptors (Lipinski definition) is 2. The Morgan fingerprint density at radius 1 is 1.42 bits per heavy atom. The monoisotopic (exact) mass is 344 g/mol. The van der Waals surface area contributed by atoms with Crippen LogP contribution < -0.4 is 5.32 Å². The molecule has 1 aromatic rings. The van der Waals surface area contributed by atoms with Crippen LogP contribution >= 0.6 is 0 Å². The summed E-state index contributed by atoms with van der Waals surface area (Å²) in [6.07, 6.45) is -2.58. The summed E-state index contributed by atoms with van der Waals surface area (Å²) >= 11 is 0. The van der Waals surface area contributed by atoms with Crippen LogP contribution in [0.1, 0.15) is 30.9 Å². The van der Waals surface area contributed by atoms with Crippen LogP contribution in [0.25, 0.3) is 0 Å². The molecule has 1 aliphatic rings. The zero-order valence-electron chi connectivity index (χ0n) is 13.6. The number of benzene rings is 1. The topological polar surface area (TPSA) is 52.6 Å². The zero-order valence-corrected chi connectivity index (χ0v) is 13.6. The molecular formula is C17H23F3N2O2. The minimum absolute atomic E-state index is 0.0400. The lowest BCUT2D eigenvalue weighted by Gasteiger charge is -2.32. The van der Waals surface area contributed by atoms with Gasteiger partial charge in [-0.05, 0) is 43.7 Å². The number of hydrogen-bond donors (Lipinski definition) is 2. The number of rotatable bonds is 4. The number of alkyl halides is 3. The Hall–Kier alpha value is -1.76. The Morgan fingerprint density at radius 3 is 2.79 bits per heavy atom. The van der Waals surface area contributed by atoms with Crippen molar-refractivity contribution in [3.63, 3.8) is 0 Å². The molecule has 0 saturated carbocycles. The number of urea groups is 1. The maximum Gasteiger partial charge on any atom is 0.416 e. The number of nitrogens with one attached hydrogen (secondary N) is 1. The van der Waals surface area contributed by atoms with Crippen LogP contribution in [0.15, 0.2) is 24.3 Å². The third-order valence-corrected chi connectivity index (χ3v) is 4.28. The van der Waals surface area contributed by atoms with E-state index >= 15 is 0 Å². The van der Waals surface area contributed by atoms with Gasteiger partial charge in [0, 0.05) is 25.7 Å². The number of carbonyl (C=O) groups excluding carboxylic acids is 1. The van der Waals surface area contributed by atoms with E-state index in [0.29, 0.717) is 13.1 Å². The molecule has 4 nitrogen and oxygen atoms in total. The normalized spacial score (nSPS) is 19.9. The zero-order chi connectivity index (χ0) is 17.7. The molecule has 1 fully saturated rings. The van der Waals surface area contributed by atoms with Crippen molar-refractivity contribution in [1.29, 1.82) is 0 Å². The van der Waals surface area contributed by atoms with Crippen molar-refractivity contribution in [2.24, 2.45) is 5.92 Å². The van der Waals surface area contributed by atoms with Gasteiger partial charge in [-0.15, -0.1) is 0 Å². The second-order valence-corrected chi connectivity index (χ2v) is 6.35. The SMILES string of the molecule is CC(Cc1ccccc1C(F)(F)F)NC(=O)N1CCCC(CO)C1. The summed E-state index contributed by atoms with van der Waals surface area (Å²) in [7, 11) is 0. The number of halogens is 3. The van der Waals surface area contributed by atoms with Crippen molar-refractivity contribution in [2.75, 3.05) is 19.7 Å². The van der Waals surface area contributed by atoms with Gasteiger partial charge < -0.3 is 15.3 Å². The molecule has 2 rings (SSSR count). The third kappa shape index (κ3) is 4.87. The van der Waals surface area contributed by atoms with E-state index in [1.807, 2.05) is 0 Å². The maximum atomic E-state index is 13.0. The van der Waals surface area contributed by atoms with Gasteiger partial charge in [-0.25, -0.2) is 4.79 Å². The molecule has 2 amide bonds. The summed E-state index contributed by atoms with van der Waals surface area (Å²) in [4.78, 5) is 13.9. The minimum Gasteiger partial charge on any atom is -0.396 e. The second kappa shape index (κ2) is 7.88. The van der Waals surface area contributed by atoms with Gasteiger partial charge in [-0.3, -0.25) is 0 Å². The second-order valence-electron chi connectivity index (χ2n) is 6.35. The van der Waals surface area contributed by atoms with Crippen LogP contribution in [0.4, 0.5) is 18.0 Å². The van der Waals surface area contributed by atoms with E-state index < -0.39 is 17.8 Å². The van der Waals surface area contributed by atoms with Gasteiger partial charge in [0.05, 0.1) is 5.56 Å². The summed E-state index contributed by atoms with van der Waals surface area (Å²) in [5, 5.41) is 12.0. The van der Waals surface area contributed by atoms with Crippen LogP contribution in [-0.4, -0.2) is 41.8 Å². The number of likely N-dealkylation sites (tertiary alicyclic amines) is 1. The van der Waals surface area contributed by atoms with Crippen LogP contribution in [-0.2, 0) is 12.6 Å². The van der Waals surface area contributed by atoms with E-state index in [0.717, 1.165) is 18.9 Å². The fourth-order valence-corrected chi connectivity index (χ4v) is 3.06. The molecule has 24 heavy (non-hydrogen) atoms. The third-order valence-electron chi connectivity index (χ3n) is 4.28. The molecule has 0 aromatic heterocycles. The Balaban J connectivity index is 1.96. The molecule has 1 heterocycles. The van der Waals surface area contributed by atoms with Gasteiger partial charge in [0.25, 0.3) is 0 Å². The van der Waals surface area contributed by atoms with Gasteiger partial charge in [0.1, 0.15) is 0 Å². The molecular weight excluding hydrogens is 321 g/mol. The number of amides is 2. The first kappa shape index (κ1) is 18.6. The quantitative estimate of drug-likeness (QED) is 0.882. The Labute approximate surface area is 139 Å². The molecule has 1 saturated heterocycles. The average Bonchev–Trinajstić information content (AvgIpc) is 2.54. The van der Waals surface area contributed by atoms with E-state index in [2.05, 4.69) is 5.32 Å². The van der Waals surface area contributed by atoms with Crippen molar-refractivity contribution < 1.29 is 23.1 Å². The van der Waals surface area contributed by atoms with E-state index in [9.17, 15) is 23.1 Å². The fourth-order valence-electron chi connectivity index (χ4n) is 3.06. The molecule has 0 bridgehead atoms. The summed E-state index contributed by atoms with van der Waals surface area (Å²) in [6, 6.07) is 4.71. The average molecular weight is 344 g/mol. The van der Waals surface area contributed by atoms with Crippen LogP contribution in [0, 0.1) is 5.92 Å². The van der Waals surface area contributed by atoms with Crippen molar-refractivity contribution in [3.8, 4) is 0 Å². The van der Waals surface area contributed by atoms with Crippen molar-refractivity contribution in [3.05, 3.63) is 35.4 Å². The Bertz CT molecular complexity index is 563. The smallest absolute Gasteiger partial charge is 0.396 e. The summed E-state index contributed by atoms with van der Waals surface area (Å²) in [5.74, 6) is 0.0748. The molecule has 2 N–H and O–H groups in total. The summed E-state index contributed by atoms with van der Waals surface area (Å²) in [6.45, 7) is 2.82. The highest BCUT2D eigenvalue weighted by atomic mass is 19.4. The minimum atomic E-state index is -4.40. The number of nitrogens with zero attached hydrogens (tertiary/aromatic N) is 1. The summed E-state index contributed by atoms with van der Waals surface area (Å²) < 4.78 is 39.0. The molecule has 2 atom stereocenters. The van der Waals surface area contributed by atoms with Gasteiger partial charge in [0.2, 0.25) is 0 Å². The first-order valence-electron chi connectivity index (χ1n) is 8.12. The lowest BCUT2D eigenvalue weighted by molar-refractivity contribution is -0.138. The molecule has 7 heteroatoms. The lowest BCUT2D eigenvalue weighted by Crippen LogP contribution is -2.49. The maximum absolute atomic E-state index is 13.0. The number of carbonyl (C=O) groups is 1. The standard InChI is InChI=1S/C17H23F3N2O2/c1-12(9-14-6-2-3-7-15(14)17(18,19)20)21-16(24)22-8-4-5-13(10-22)11-23/h2-3,6-7,12-13,23H,4-5,8-11H2,1H3,(H,21,24). The van der Waals surface area contributed by atoms with E-state index in [1.165, 1.54) is 12.1 Å².